The molecule has 7 heteroatoms. The zero-order chi connectivity index (χ0) is 22.9. The van der Waals surface area contributed by atoms with Crippen molar-refractivity contribution < 1.29 is 13.6 Å². The van der Waals surface area contributed by atoms with Crippen molar-refractivity contribution >= 4 is 28.4 Å². The second kappa shape index (κ2) is 8.27. The van der Waals surface area contributed by atoms with E-state index in [0.29, 0.717) is 39.6 Å². The summed E-state index contributed by atoms with van der Waals surface area (Å²) in [6.07, 6.45) is 3.18. The van der Waals surface area contributed by atoms with E-state index in [1.54, 1.807) is 42.7 Å². The number of carbonyl (C=O) groups is 1. The molecule has 0 fully saturated rings. The van der Waals surface area contributed by atoms with Crippen LogP contribution in [0.3, 0.4) is 0 Å². The number of aryl methyl sites for hydroxylation is 2. The average Bonchev–Trinajstić information content (AvgIpc) is 3.54. The van der Waals surface area contributed by atoms with Crippen molar-refractivity contribution in [2.75, 3.05) is 17.3 Å². The molecule has 0 saturated carbocycles. The van der Waals surface area contributed by atoms with Crippen LogP contribution in [0.2, 0.25) is 0 Å². The van der Waals surface area contributed by atoms with E-state index >= 15 is 0 Å². The van der Waals surface area contributed by atoms with Gasteiger partial charge in [-0.15, -0.1) is 0 Å². The van der Waals surface area contributed by atoms with Gasteiger partial charge >= 0.3 is 6.03 Å². The molecule has 3 heterocycles. The van der Waals surface area contributed by atoms with Gasteiger partial charge in [0.15, 0.2) is 11.5 Å². The molecule has 0 saturated heterocycles. The number of anilines is 2. The first-order valence-corrected chi connectivity index (χ1v) is 10.5. The third-order valence-corrected chi connectivity index (χ3v) is 5.61. The topological polar surface area (TPSA) is 84.4 Å². The largest absolute Gasteiger partial charge is 0.463 e. The number of furan rings is 2. The van der Waals surface area contributed by atoms with Crippen LogP contribution in [0.4, 0.5) is 16.2 Å². The lowest BCUT2D eigenvalue weighted by Gasteiger charge is -2.19. The Morgan fingerprint density at radius 3 is 2.09 bits per heavy atom. The van der Waals surface area contributed by atoms with E-state index in [2.05, 4.69) is 5.32 Å². The summed E-state index contributed by atoms with van der Waals surface area (Å²) in [4.78, 5) is 24.0. The molecule has 2 amide bonds. The molecule has 0 atom stereocenters. The summed E-state index contributed by atoms with van der Waals surface area (Å²) in [5.41, 5.74) is 6.22. The Balaban J connectivity index is 1.48. The van der Waals surface area contributed by atoms with E-state index in [0.717, 1.165) is 11.3 Å². The molecule has 0 radical (unpaired) electrons. The van der Waals surface area contributed by atoms with Crippen LogP contribution in [0.1, 0.15) is 11.1 Å². The van der Waals surface area contributed by atoms with Crippen LogP contribution in [0.25, 0.3) is 33.9 Å². The van der Waals surface area contributed by atoms with Crippen molar-refractivity contribution in [3.05, 3.63) is 84.3 Å². The first-order chi connectivity index (χ1) is 16.0. The molecule has 1 N–H and O–H groups in total. The van der Waals surface area contributed by atoms with Gasteiger partial charge in [0.1, 0.15) is 11.4 Å². The Morgan fingerprint density at radius 1 is 0.818 bits per heavy atom. The molecule has 0 aliphatic carbocycles. The highest BCUT2D eigenvalue weighted by molar-refractivity contribution is 6.02. The Morgan fingerprint density at radius 2 is 1.48 bits per heavy atom. The van der Waals surface area contributed by atoms with Gasteiger partial charge in [0, 0.05) is 18.4 Å². The number of urea groups is 1. The normalized spacial score (nSPS) is 11.0. The van der Waals surface area contributed by atoms with E-state index in [1.165, 1.54) is 5.56 Å². The quantitative estimate of drug-likeness (QED) is 0.349. The number of rotatable bonds is 4. The van der Waals surface area contributed by atoms with Crippen molar-refractivity contribution in [2.45, 2.75) is 13.8 Å². The first-order valence-electron chi connectivity index (χ1n) is 10.5. The summed E-state index contributed by atoms with van der Waals surface area (Å²) in [5, 5.41) is 2.94. The molecule has 0 aliphatic heterocycles. The van der Waals surface area contributed by atoms with E-state index in [4.69, 9.17) is 18.8 Å². The van der Waals surface area contributed by atoms with Crippen LogP contribution in [0.5, 0.6) is 0 Å². The van der Waals surface area contributed by atoms with Crippen molar-refractivity contribution in [2.24, 2.45) is 0 Å². The molecule has 33 heavy (non-hydrogen) atoms. The summed E-state index contributed by atoms with van der Waals surface area (Å²) in [7, 11) is 1.74. The Bertz CT molecular complexity index is 1440. The molecule has 0 aliphatic rings. The highest BCUT2D eigenvalue weighted by atomic mass is 16.3. The Hall–Kier alpha value is -4.39. The molecule has 164 valence electrons. The number of benzene rings is 2. The smallest absolute Gasteiger partial charge is 0.326 e. The number of amides is 2. The third kappa shape index (κ3) is 3.96. The van der Waals surface area contributed by atoms with Crippen LogP contribution < -0.4 is 10.2 Å². The second-order valence-electron chi connectivity index (χ2n) is 7.84. The maximum absolute atomic E-state index is 12.9. The van der Waals surface area contributed by atoms with Crippen molar-refractivity contribution in [3.8, 4) is 22.9 Å². The lowest BCUT2D eigenvalue weighted by molar-refractivity contribution is 0.258. The summed E-state index contributed by atoms with van der Waals surface area (Å²) < 4.78 is 11.1. The van der Waals surface area contributed by atoms with Crippen molar-refractivity contribution in [1.29, 1.82) is 0 Å². The van der Waals surface area contributed by atoms with Crippen LogP contribution in [0.15, 0.2) is 82.0 Å². The predicted octanol–water partition coefficient (Wildman–Crippen LogP) is 6.43. The SMILES string of the molecule is Cc1ccc(N(C)C(=O)Nc2ccc3nc(-c4ccco4)c(-c4ccco4)nc3c2)cc1C. The minimum absolute atomic E-state index is 0.246. The highest BCUT2D eigenvalue weighted by Crippen LogP contribution is 2.32. The van der Waals surface area contributed by atoms with E-state index in [9.17, 15) is 4.79 Å². The van der Waals surface area contributed by atoms with Gasteiger partial charge in [-0.1, -0.05) is 6.07 Å². The summed E-state index contributed by atoms with van der Waals surface area (Å²) >= 11 is 0. The number of aromatic nitrogens is 2. The molecule has 0 bridgehead atoms. The highest BCUT2D eigenvalue weighted by Gasteiger charge is 2.18. The minimum atomic E-state index is -0.246. The summed E-state index contributed by atoms with van der Waals surface area (Å²) in [5.74, 6) is 1.18. The van der Waals surface area contributed by atoms with E-state index < -0.39 is 0 Å². The van der Waals surface area contributed by atoms with Crippen LogP contribution in [-0.2, 0) is 0 Å². The fourth-order valence-electron chi connectivity index (χ4n) is 3.56. The maximum atomic E-state index is 12.9. The zero-order valence-corrected chi connectivity index (χ0v) is 18.5. The number of fused-ring (bicyclic) bond motifs is 1. The molecule has 0 unspecified atom stereocenters. The first kappa shape index (κ1) is 20.5. The molecular weight excluding hydrogens is 416 g/mol. The van der Waals surface area contributed by atoms with Crippen LogP contribution >= 0.6 is 0 Å². The minimum Gasteiger partial charge on any atom is -0.463 e. The van der Waals surface area contributed by atoms with E-state index in [1.807, 2.05) is 56.3 Å². The van der Waals surface area contributed by atoms with Gasteiger partial charge < -0.3 is 14.2 Å². The van der Waals surface area contributed by atoms with Gasteiger partial charge in [-0.2, -0.15) is 0 Å². The van der Waals surface area contributed by atoms with Crippen molar-refractivity contribution in [3.63, 3.8) is 0 Å². The van der Waals surface area contributed by atoms with Gasteiger partial charge in [-0.3, -0.25) is 4.90 Å². The maximum Gasteiger partial charge on any atom is 0.326 e. The fourth-order valence-corrected chi connectivity index (χ4v) is 3.56. The predicted molar refractivity (Wildman–Crippen MR) is 128 cm³/mol. The molecule has 2 aromatic carbocycles. The molecule has 5 rings (SSSR count). The number of carbonyl (C=O) groups excluding carboxylic acids is 1. The lowest BCUT2D eigenvalue weighted by atomic mass is 10.1. The van der Waals surface area contributed by atoms with Gasteiger partial charge in [0.2, 0.25) is 0 Å². The van der Waals surface area contributed by atoms with Gasteiger partial charge in [0.25, 0.3) is 0 Å². The standard InChI is InChI=1S/C26H22N4O3/c1-16-8-10-19(14-17(16)2)30(3)26(31)27-18-9-11-20-21(15-18)29-25(23-7-5-13-33-23)24(28-20)22-6-4-12-32-22/h4-15H,1-3H3,(H,27,31). The van der Waals surface area contributed by atoms with Crippen LogP contribution in [-0.4, -0.2) is 23.0 Å². The summed E-state index contributed by atoms with van der Waals surface area (Å²) in [6.45, 7) is 4.07. The third-order valence-electron chi connectivity index (χ3n) is 5.61. The monoisotopic (exact) mass is 438 g/mol. The average molecular weight is 438 g/mol. The second-order valence-corrected chi connectivity index (χ2v) is 7.84. The van der Waals surface area contributed by atoms with Gasteiger partial charge in [-0.05, 0) is 79.6 Å². The number of hydrogen-bond donors (Lipinski definition) is 1. The number of nitrogens with one attached hydrogen (secondary N) is 1. The zero-order valence-electron chi connectivity index (χ0n) is 18.5. The molecule has 0 spiro atoms. The fraction of sp³-hybridized carbons (Fsp3) is 0.115. The molecule has 3 aromatic heterocycles. The molecular formula is C26H22N4O3. The van der Waals surface area contributed by atoms with Gasteiger partial charge in [0.05, 0.1) is 23.6 Å². The molecule has 7 nitrogen and oxygen atoms in total. The molecule has 5 aromatic rings. The van der Waals surface area contributed by atoms with Crippen LogP contribution in [0, 0.1) is 13.8 Å². The number of hydrogen-bond acceptors (Lipinski definition) is 5. The Kier molecular flexibility index (Phi) is 5.14. The lowest BCUT2D eigenvalue weighted by Crippen LogP contribution is -2.31. The Labute approximate surface area is 190 Å². The van der Waals surface area contributed by atoms with Crippen molar-refractivity contribution in [1.82, 2.24) is 9.97 Å². The van der Waals surface area contributed by atoms with E-state index in [-0.39, 0.29) is 6.03 Å². The summed E-state index contributed by atoms with van der Waals surface area (Å²) in [6, 6.07) is 18.4. The van der Waals surface area contributed by atoms with Gasteiger partial charge in [-0.25, -0.2) is 14.8 Å². The number of nitrogens with zero attached hydrogens (tertiary/aromatic N) is 3.